The summed E-state index contributed by atoms with van der Waals surface area (Å²) in [7, 11) is 0. The molecular weight excluding hydrogens is 278 g/mol. The van der Waals surface area contributed by atoms with Crippen molar-refractivity contribution in [2.45, 2.75) is 36.7 Å². The van der Waals surface area contributed by atoms with Crippen LogP contribution in [0.3, 0.4) is 0 Å². The van der Waals surface area contributed by atoms with Crippen molar-refractivity contribution in [3.63, 3.8) is 0 Å². The maximum atomic E-state index is 6.92. The summed E-state index contributed by atoms with van der Waals surface area (Å²) in [6.45, 7) is 0. The summed E-state index contributed by atoms with van der Waals surface area (Å²) in [6.07, 6.45) is 3.53. The molecule has 2 heteroatoms. The lowest BCUT2D eigenvalue weighted by molar-refractivity contribution is 0.215. The van der Waals surface area contributed by atoms with Gasteiger partial charge in [-0.25, -0.2) is 0 Å². The molecule has 0 spiro atoms. The van der Waals surface area contributed by atoms with E-state index in [1.54, 1.807) is 0 Å². The van der Waals surface area contributed by atoms with Crippen LogP contribution < -0.4 is 5.32 Å². The second-order valence-electron chi connectivity index (χ2n) is 6.30. The predicted octanol–water partition coefficient (Wildman–Crippen LogP) is 4.63. The van der Waals surface area contributed by atoms with E-state index in [0.717, 1.165) is 6.42 Å². The Morgan fingerprint density at radius 3 is 2.52 bits per heavy atom. The van der Waals surface area contributed by atoms with E-state index in [4.69, 9.17) is 11.6 Å². The van der Waals surface area contributed by atoms with Crippen LogP contribution in [0.25, 0.3) is 0 Å². The molecule has 2 aromatic carbocycles. The van der Waals surface area contributed by atoms with E-state index < -0.39 is 0 Å². The number of alkyl halides is 1. The summed E-state index contributed by atoms with van der Waals surface area (Å²) in [6, 6.07) is 20.4. The molecule has 108 valence electrons. The molecule has 0 saturated carbocycles. The molecule has 1 nitrogen and oxygen atoms in total. The van der Waals surface area contributed by atoms with Gasteiger partial charge in [0, 0.05) is 12.1 Å². The average molecular weight is 298 g/mol. The van der Waals surface area contributed by atoms with E-state index in [-0.39, 0.29) is 5.38 Å². The number of hydrogen-bond donors (Lipinski definition) is 1. The number of nitrogens with one attached hydrogen (secondary N) is 1. The van der Waals surface area contributed by atoms with E-state index in [1.807, 2.05) is 0 Å². The summed E-state index contributed by atoms with van der Waals surface area (Å²) >= 11 is 6.92. The maximum absolute atomic E-state index is 6.92. The molecular formula is C19H20ClN. The third-order valence-electron chi connectivity index (χ3n) is 5.04. The van der Waals surface area contributed by atoms with Gasteiger partial charge in [-0.1, -0.05) is 54.6 Å². The number of piperidine rings is 1. The number of hydrogen-bond acceptors (Lipinski definition) is 1. The Morgan fingerprint density at radius 1 is 0.905 bits per heavy atom. The third kappa shape index (κ3) is 2.39. The molecule has 0 amide bonds. The number of halogens is 1. The molecule has 0 aromatic heterocycles. The molecule has 2 aliphatic heterocycles. The van der Waals surface area contributed by atoms with Crippen molar-refractivity contribution < 1.29 is 0 Å². The van der Waals surface area contributed by atoms with Gasteiger partial charge < -0.3 is 5.32 Å². The van der Waals surface area contributed by atoms with Crippen LogP contribution in [0, 0.1) is 5.92 Å². The zero-order valence-electron chi connectivity index (χ0n) is 12.0. The van der Waals surface area contributed by atoms with E-state index in [1.165, 1.54) is 29.5 Å². The van der Waals surface area contributed by atoms with Crippen LogP contribution in [-0.4, -0.2) is 6.04 Å². The molecule has 2 bridgehead atoms. The Bertz CT molecular complexity index is 624. The van der Waals surface area contributed by atoms with Crippen LogP contribution in [0.15, 0.2) is 54.6 Å². The Balaban J connectivity index is 1.76. The Morgan fingerprint density at radius 2 is 1.67 bits per heavy atom. The quantitative estimate of drug-likeness (QED) is 0.757. The maximum Gasteiger partial charge on any atom is 0.0634 e. The minimum atomic E-state index is 0.0974. The van der Waals surface area contributed by atoms with E-state index in [2.05, 4.69) is 59.9 Å². The summed E-state index contributed by atoms with van der Waals surface area (Å²) in [5, 5.41) is 3.96. The van der Waals surface area contributed by atoms with Gasteiger partial charge in [-0.15, -0.1) is 11.6 Å². The van der Waals surface area contributed by atoms with Gasteiger partial charge in [0.2, 0.25) is 0 Å². The first-order chi connectivity index (χ1) is 10.3. The molecule has 0 radical (unpaired) electrons. The van der Waals surface area contributed by atoms with Crippen LogP contribution in [0.2, 0.25) is 0 Å². The molecule has 1 fully saturated rings. The summed E-state index contributed by atoms with van der Waals surface area (Å²) in [5.41, 5.74) is 4.14. The van der Waals surface area contributed by atoms with E-state index in [9.17, 15) is 0 Å². The van der Waals surface area contributed by atoms with Crippen molar-refractivity contribution in [3.05, 3.63) is 71.3 Å². The SMILES string of the molecule is ClC1c2ccccc2C[C@@H]2CC[C@@H]1[C@H](c1ccccc1)N2. The average Bonchev–Trinajstić information content (AvgIpc) is 2.54. The van der Waals surface area contributed by atoms with Gasteiger partial charge in [-0.05, 0) is 41.9 Å². The monoisotopic (exact) mass is 297 g/mol. The molecule has 2 heterocycles. The smallest absolute Gasteiger partial charge is 0.0634 e. The number of fused-ring (bicyclic) bond motifs is 2. The topological polar surface area (TPSA) is 12.0 Å². The van der Waals surface area contributed by atoms with Crippen LogP contribution in [0.1, 0.15) is 41.0 Å². The van der Waals surface area contributed by atoms with Crippen molar-refractivity contribution in [2.24, 2.45) is 5.92 Å². The van der Waals surface area contributed by atoms with Gasteiger partial charge in [-0.3, -0.25) is 0 Å². The Hall–Kier alpha value is -1.31. The summed E-state index contributed by atoms with van der Waals surface area (Å²) in [5.74, 6) is 0.465. The second kappa shape index (κ2) is 5.47. The fourth-order valence-electron chi connectivity index (χ4n) is 3.99. The van der Waals surface area contributed by atoms with Crippen LogP contribution in [0.4, 0.5) is 0 Å². The fraction of sp³-hybridized carbons (Fsp3) is 0.368. The molecule has 4 atom stereocenters. The molecule has 1 N–H and O–H groups in total. The zero-order valence-corrected chi connectivity index (χ0v) is 12.8. The van der Waals surface area contributed by atoms with Crippen molar-refractivity contribution >= 4 is 11.6 Å². The second-order valence-corrected chi connectivity index (χ2v) is 6.77. The highest BCUT2D eigenvalue weighted by Gasteiger charge is 2.38. The van der Waals surface area contributed by atoms with Crippen molar-refractivity contribution in [1.82, 2.24) is 5.32 Å². The van der Waals surface area contributed by atoms with Crippen molar-refractivity contribution in [1.29, 1.82) is 0 Å². The molecule has 3 aliphatic rings. The van der Waals surface area contributed by atoms with Gasteiger partial charge in [-0.2, -0.15) is 0 Å². The minimum Gasteiger partial charge on any atom is -0.307 e. The van der Waals surface area contributed by atoms with Crippen molar-refractivity contribution in [2.75, 3.05) is 0 Å². The van der Waals surface area contributed by atoms with Crippen molar-refractivity contribution in [3.8, 4) is 0 Å². The van der Waals surface area contributed by atoms with Crippen LogP contribution >= 0.6 is 11.6 Å². The number of rotatable bonds is 1. The van der Waals surface area contributed by atoms with E-state index in [0.29, 0.717) is 18.0 Å². The van der Waals surface area contributed by atoms with Gasteiger partial charge in [0.25, 0.3) is 0 Å². The van der Waals surface area contributed by atoms with Gasteiger partial charge in [0.1, 0.15) is 0 Å². The van der Waals surface area contributed by atoms with E-state index >= 15 is 0 Å². The molecule has 5 rings (SSSR count). The Kier molecular flexibility index (Phi) is 3.48. The molecule has 21 heavy (non-hydrogen) atoms. The first-order valence-electron chi connectivity index (χ1n) is 7.86. The largest absolute Gasteiger partial charge is 0.307 e. The lowest BCUT2D eigenvalue weighted by Gasteiger charge is -2.43. The van der Waals surface area contributed by atoms with Crippen LogP contribution in [0.5, 0.6) is 0 Å². The number of benzene rings is 2. The predicted molar refractivity (Wildman–Crippen MR) is 87.6 cm³/mol. The van der Waals surface area contributed by atoms with Gasteiger partial charge in [0.05, 0.1) is 5.38 Å². The zero-order chi connectivity index (χ0) is 14.2. The summed E-state index contributed by atoms with van der Waals surface area (Å²) in [4.78, 5) is 0. The highest BCUT2D eigenvalue weighted by molar-refractivity contribution is 6.21. The van der Waals surface area contributed by atoms with Gasteiger partial charge >= 0.3 is 0 Å². The lowest BCUT2D eigenvalue weighted by Crippen LogP contribution is -2.45. The minimum absolute atomic E-state index is 0.0974. The Labute approximate surface area is 131 Å². The highest BCUT2D eigenvalue weighted by Crippen LogP contribution is 2.46. The fourth-order valence-corrected chi connectivity index (χ4v) is 4.47. The highest BCUT2D eigenvalue weighted by atomic mass is 35.5. The first kappa shape index (κ1) is 13.4. The molecule has 1 unspecified atom stereocenters. The normalized spacial score (nSPS) is 31.3. The van der Waals surface area contributed by atoms with Crippen LogP contribution in [-0.2, 0) is 6.42 Å². The first-order valence-corrected chi connectivity index (χ1v) is 8.29. The molecule has 2 aromatic rings. The molecule has 1 aliphatic carbocycles. The standard InChI is InChI=1S/C19H20ClN/c20-18-16-9-5-4-8-14(16)12-15-10-11-17(18)19(21-15)13-6-2-1-3-7-13/h1-9,15,17-19,21H,10-12H2/t15-,17-,18?,19-/m0/s1. The molecule has 1 saturated heterocycles. The third-order valence-corrected chi connectivity index (χ3v) is 5.60. The van der Waals surface area contributed by atoms with Gasteiger partial charge in [0.15, 0.2) is 0 Å². The lowest BCUT2D eigenvalue weighted by atomic mass is 9.75. The summed E-state index contributed by atoms with van der Waals surface area (Å²) < 4.78 is 0.